The smallest absolute Gasteiger partial charge is 0.335 e. The van der Waals surface area contributed by atoms with Gasteiger partial charge in [-0.2, -0.15) is 0 Å². The van der Waals surface area contributed by atoms with Crippen molar-refractivity contribution in [2.75, 3.05) is 18.0 Å². The summed E-state index contributed by atoms with van der Waals surface area (Å²) in [6.45, 7) is 8.17. The van der Waals surface area contributed by atoms with Crippen molar-refractivity contribution in [3.63, 3.8) is 0 Å². The Balaban J connectivity index is 2.25. The first-order valence-corrected chi connectivity index (χ1v) is 6.55. The molecule has 1 heterocycles. The van der Waals surface area contributed by atoms with E-state index in [0.29, 0.717) is 11.6 Å². The number of benzene rings is 1. The summed E-state index contributed by atoms with van der Waals surface area (Å²) >= 11 is 0. The fourth-order valence-electron chi connectivity index (χ4n) is 2.28. The predicted octanol–water partition coefficient (Wildman–Crippen LogP) is 2.57. The summed E-state index contributed by atoms with van der Waals surface area (Å²) in [6.07, 6.45) is 0. The average molecular weight is 277 g/mol. The van der Waals surface area contributed by atoms with Crippen molar-refractivity contribution in [1.82, 2.24) is 0 Å². The van der Waals surface area contributed by atoms with Crippen molar-refractivity contribution in [1.29, 1.82) is 0 Å². The molecule has 0 radical (unpaired) electrons. The molecular formula is C15H19NO4. The van der Waals surface area contributed by atoms with Gasteiger partial charge in [-0.15, -0.1) is 0 Å². The van der Waals surface area contributed by atoms with Crippen molar-refractivity contribution in [2.24, 2.45) is 11.3 Å². The number of hydrogen-bond acceptors (Lipinski definition) is 3. The molecule has 1 aliphatic rings. The van der Waals surface area contributed by atoms with E-state index in [1.807, 2.05) is 4.90 Å². The second kappa shape index (κ2) is 4.81. The first kappa shape index (κ1) is 14.4. The number of hydrogen-bond donors (Lipinski definition) is 2. The molecule has 0 aliphatic carbocycles. The lowest BCUT2D eigenvalue weighted by Crippen LogP contribution is -2.52. The van der Waals surface area contributed by atoms with Gasteiger partial charge in [-0.05, 0) is 29.5 Å². The number of rotatable bonds is 3. The van der Waals surface area contributed by atoms with Crippen LogP contribution in [0.1, 0.15) is 41.5 Å². The first-order chi connectivity index (χ1) is 9.18. The van der Waals surface area contributed by atoms with E-state index in [9.17, 15) is 9.59 Å². The second-order valence-corrected chi connectivity index (χ2v) is 6.35. The third kappa shape index (κ3) is 2.76. The van der Waals surface area contributed by atoms with Gasteiger partial charge in [0.1, 0.15) is 0 Å². The molecule has 0 unspecified atom stereocenters. The van der Waals surface area contributed by atoms with Gasteiger partial charge in [0, 0.05) is 18.8 Å². The summed E-state index contributed by atoms with van der Waals surface area (Å²) < 4.78 is 0. The Morgan fingerprint density at radius 2 is 1.50 bits per heavy atom. The molecule has 0 bridgehead atoms. The van der Waals surface area contributed by atoms with Crippen LogP contribution in [0.5, 0.6) is 0 Å². The third-order valence-electron chi connectivity index (χ3n) is 3.88. The molecule has 0 aromatic heterocycles. The SMILES string of the molecule is CC(C)(C)C1CN(c2cc(C(=O)O)cc(C(=O)O)c2)C1. The molecule has 0 amide bonds. The summed E-state index contributed by atoms with van der Waals surface area (Å²) in [5.41, 5.74) is 0.900. The Bertz CT molecular complexity index is 521. The standard InChI is InChI=1S/C15H19NO4/c1-15(2,3)11-7-16(8-11)12-5-9(13(17)18)4-10(6-12)14(19)20/h4-6,11H,7-8H2,1-3H3,(H,17,18)(H,19,20). The van der Waals surface area contributed by atoms with E-state index in [-0.39, 0.29) is 16.5 Å². The fraction of sp³-hybridized carbons (Fsp3) is 0.467. The van der Waals surface area contributed by atoms with Crippen molar-refractivity contribution in [3.05, 3.63) is 29.3 Å². The van der Waals surface area contributed by atoms with E-state index in [2.05, 4.69) is 20.8 Å². The minimum absolute atomic E-state index is 0.0131. The Morgan fingerprint density at radius 1 is 1.05 bits per heavy atom. The molecule has 2 N–H and O–H groups in total. The summed E-state index contributed by atoms with van der Waals surface area (Å²) in [4.78, 5) is 24.2. The topological polar surface area (TPSA) is 77.8 Å². The van der Waals surface area contributed by atoms with Crippen LogP contribution in [0.3, 0.4) is 0 Å². The average Bonchev–Trinajstić information content (AvgIpc) is 2.24. The van der Waals surface area contributed by atoms with Crippen LogP contribution in [0.25, 0.3) is 0 Å². The molecule has 0 atom stereocenters. The van der Waals surface area contributed by atoms with Gasteiger partial charge in [0.25, 0.3) is 0 Å². The van der Waals surface area contributed by atoms with E-state index < -0.39 is 11.9 Å². The van der Waals surface area contributed by atoms with Crippen molar-refractivity contribution < 1.29 is 19.8 Å². The first-order valence-electron chi connectivity index (χ1n) is 6.55. The van der Waals surface area contributed by atoms with Gasteiger partial charge in [0.15, 0.2) is 0 Å². The number of carboxylic acids is 2. The molecule has 0 saturated carbocycles. The second-order valence-electron chi connectivity index (χ2n) is 6.35. The van der Waals surface area contributed by atoms with Gasteiger partial charge in [-0.1, -0.05) is 20.8 Å². The van der Waals surface area contributed by atoms with E-state index in [1.165, 1.54) is 18.2 Å². The molecule has 5 nitrogen and oxygen atoms in total. The molecular weight excluding hydrogens is 258 g/mol. The Kier molecular flexibility index (Phi) is 3.46. The van der Waals surface area contributed by atoms with Crippen LogP contribution in [-0.4, -0.2) is 35.2 Å². The summed E-state index contributed by atoms with van der Waals surface area (Å²) in [5, 5.41) is 18.1. The molecule has 1 aliphatic heterocycles. The minimum Gasteiger partial charge on any atom is -0.478 e. The van der Waals surface area contributed by atoms with Crippen LogP contribution in [-0.2, 0) is 0 Å². The molecule has 5 heteroatoms. The fourth-order valence-corrected chi connectivity index (χ4v) is 2.28. The Hall–Kier alpha value is -2.04. The molecule has 108 valence electrons. The normalized spacial score (nSPS) is 15.8. The number of aromatic carboxylic acids is 2. The molecule has 1 fully saturated rings. The number of carboxylic acid groups (broad SMARTS) is 2. The van der Waals surface area contributed by atoms with E-state index in [0.717, 1.165) is 13.1 Å². The zero-order valence-electron chi connectivity index (χ0n) is 11.9. The number of anilines is 1. The van der Waals surface area contributed by atoms with Crippen LogP contribution < -0.4 is 4.90 Å². The lowest BCUT2D eigenvalue weighted by atomic mass is 9.76. The van der Waals surface area contributed by atoms with Crippen LogP contribution in [0.4, 0.5) is 5.69 Å². The molecule has 0 spiro atoms. The maximum atomic E-state index is 11.1. The molecule has 20 heavy (non-hydrogen) atoms. The largest absolute Gasteiger partial charge is 0.478 e. The predicted molar refractivity (Wildman–Crippen MR) is 75.5 cm³/mol. The van der Waals surface area contributed by atoms with E-state index >= 15 is 0 Å². The Morgan fingerprint density at radius 3 is 1.85 bits per heavy atom. The quantitative estimate of drug-likeness (QED) is 0.887. The van der Waals surface area contributed by atoms with Crippen LogP contribution in [0, 0.1) is 11.3 Å². The minimum atomic E-state index is -1.11. The van der Waals surface area contributed by atoms with Gasteiger partial charge < -0.3 is 15.1 Å². The zero-order chi connectivity index (χ0) is 15.1. The zero-order valence-corrected chi connectivity index (χ0v) is 11.9. The van der Waals surface area contributed by atoms with Gasteiger partial charge in [-0.3, -0.25) is 0 Å². The monoisotopic (exact) mass is 277 g/mol. The number of nitrogens with zero attached hydrogens (tertiary/aromatic N) is 1. The number of carbonyl (C=O) groups is 2. The lowest BCUT2D eigenvalue weighted by molar-refractivity contribution is 0.0696. The maximum absolute atomic E-state index is 11.1. The molecule has 2 rings (SSSR count). The van der Waals surface area contributed by atoms with Crippen molar-refractivity contribution >= 4 is 17.6 Å². The molecule has 1 aromatic rings. The van der Waals surface area contributed by atoms with E-state index in [4.69, 9.17) is 10.2 Å². The summed E-state index contributed by atoms with van der Waals surface area (Å²) in [7, 11) is 0. The van der Waals surface area contributed by atoms with Gasteiger partial charge in [0.05, 0.1) is 11.1 Å². The highest BCUT2D eigenvalue weighted by molar-refractivity contribution is 5.95. The van der Waals surface area contributed by atoms with Crippen LogP contribution in [0.15, 0.2) is 18.2 Å². The van der Waals surface area contributed by atoms with Gasteiger partial charge >= 0.3 is 11.9 Å². The van der Waals surface area contributed by atoms with Crippen molar-refractivity contribution in [3.8, 4) is 0 Å². The summed E-state index contributed by atoms with van der Waals surface area (Å²) in [5.74, 6) is -1.69. The van der Waals surface area contributed by atoms with Gasteiger partial charge in [0.2, 0.25) is 0 Å². The maximum Gasteiger partial charge on any atom is 0.335 e. The van der Waals surface area contributed by atoms with Crippen molar-refractivity contribution in [2.45, 2.75) is 20.8 Å². The van der Waals surface area contributed by atoms with E-state index in [1.54, 1.807) is 0 Å². The molecule has 1 saturated heterocycles. The highest BCUT2D eigenvalue weighted by Crippen LogP contribution is 2.36. The summed E-state index contributed by atoms with van der Waals surface area (Å²) in [6, 6.07) is 4.26. The van der Waals surface area contributed by atoms with Crippen LogP contribution in [0.2, 0.25) is 0 Å². The highest BCUT2D eigenvalue weighted by Gasteiger charge is 2.36. The third-order valence-corrected chi connectivity index (χ3v) is 3.88. The molecule has 1 aromatic carbocycles. The lowest BCUT2D eigenvalue weighted by Gasteiger charge is -2.47. The van der Waals surface area contributed by atoms with Crippen LogP contribution >= 0.6 is 0 Å². The Labute approximate surface area is 117 Å². The van der Waals surface area contributed by atoms with Gasteiger partial charge in [-0.25, -0.2) is 9.59 Å². The highest BCUT2D eigenvalue weighted by atomic mass is 16.4.